The molecule has 2 heterocycles. The van der Waals surface area contributed by atoms with Crippen molar-refractivity contribution in [3.63, 3.8) is 0 Å². The molecule has 3 rings (SSSR count). The molecule has 2 aromatic rings. The molecular weight excluding hydrogens is 336 g/mol. The number of aryl methyl sites for hydroxylation is 2. The number of rotatable bonds is 5. The van der Waals surface area contributed by atoms with E-state index in [0.29, 0.717) is 28.3 Å². The molecule has 1 amide bonds. The van der Waals surface area contributed by atoms with Gasteiger partial charge >= 0.3 is 0 Å². The fourth-order valence-electron chi connectivity index (χ4n) is 3.07. The number of nitrogens with one attached hydrogen (secondary N) is 1. The lowest BCUT2D eigenvalue weighted by Crippen LogP contribution is -2.19. The van der Waals surface area contributed by atoms with E-state index in [-0.39, 0.29) is 10.6 Å². The summed E-state index contributed by atoms with van der Waals surface area (Å²) in [6.45, 7) is 5.11. The maximum Gasteiger partial charge on any atom is 0.293 e. The Balaban J connectivity index is 1.74. The molecule has 0 unspecified atom stereocenters. The smallest absolute Gasteiger partial charge is 0.293 e. The first-order valence-electron chi connectivity index (χ1n) is 8.39. The Labute approximate surface area is 150 Å². The van der Waals surface area contributed by atoms with Crippen LogP contribution in [0.4, 0.5) is 11.4 Å². The van der Waals surface area contributed by atoms with E-state index in [2.05, 4.69) is 10.5 Å². The van der Waals surface area contributed by atoms with Gasteiger partial charge in [0.1, 0.15) is 17.2 Å². The van der Waals surface area contributed by atoms with Crippen LogP contribution in [0.25, 0.3) is 0 Å². The van der Waals surface area contributed by atoms with Gasteiger partial charge in [0.2, 0.25) is 0 Å². The number of nitro groups is 1. The summed E-state index contributed by atoms with van der Waals surface area (Å²) < 4.78 is 5.31. The number of furan rings is 1. The number of hydrogen-bond donors (Lipinski definition) is 1. The summed E-state index contributed by atoms with van der Waals surface area (Å²) >= 11 is 0. The van der Waals surface area contributed by atoms with Crippen LogP contribution in [-0.4, -0.2) is 30.1 Å². The molecule has 0 saturated carbocycles. The Morgan fingerprint density at radius 2 is 2.04 bits per heavy atom. The van der Waals surface area contributed by atoms with Crippen LogP contribution < -0.4 is 10.3 Å². The molecule has 1 aliphatic rings. The molecular formula is C18H20N4O4. The van der Waals surface area contributed by atoms with Crippen molar-refractivity contribution in [1.29, 1.82) is 0 Å². The van der Waals surface area contributed by atoms with Crippen LogP contribution in [0, 0.1) is 24.0 Å². The van der Waals surface area contributed by atoms with Crippen LogP contribution in [0.2, 0.25) is 0 Å². The Hall–Kier alpha value is -3.16. The van der Waals surface area contributed by atoms with E-state index < -0.39 is 5.91 Å². The lowest BCUT2D eigenvalue weighted by Gasteiger charge is -2.17. The molecule has 1 saturated heterocycles. The molecule has 0 atom stereocenters. The molecule has 0 spiro atoms. The van der Waals surface area contributed by atoms with Gasteiger partial charge in [-0.2, -0.15) is 5.10 Å². The molecule has 136 valence electrons. The molecule has 1 fully saturated rings. The number of carbonyl (C=O) groups is 1. The largest absolute Gasteiger partial charge is 0.466 e. The molecule has 8 nitrogen and oxygen atoms in total. The minimum Gasteiger partial charge on any atom is -0.466 e. The molecule has 0 aliphatic carbocycles. The number of anilines is 1. The summed E-state index contributed by atoms with van der Waals surface area (Å²) in [4.78, 5) is 25.1. The highest BCUT2D eigenvalue weighted by Gasteiger charge is 2.22. The quantitative estimate of drug-likeness (QED) is 0.504. The second-order valence-electron chi connectivity index (χ2n) is 6.23. The molecule has 1 aromatic carbocycles. The summed E-state index contributed by atoms with van der Waals surface area (Å²) in [6.07, 6.45) is 3.47. The first-order valence-corrected chi connectivity index (χ1v) is 8.39. The minimum absolute atomic E-state index is 0.0449. The van der Waals surface area contributed by atoms with Crippen molar-refractivity contribution < 1.29 is 14.1 Å². The molecule has 0 radical (unpaired) electrons. The van der Waals surface area contributed by atoms with Crippen molar-refractivity contribution in [3.8, 4) is 0 Å². The third kappa shape index (κ3) is 3.74. The van der Waals surface area contributed by atoms with Gasteiger partial charge in [-0.25, -0.2) is 5.43 Å². The highest BCUT2D eigenvalue weighted by Crippen LogP contribution is 2.31. The zero-order valence-electron chi connectivity index (χ0n) is 14.7. The molecule has 8 heteroatoms. The van der Waals surface area contributed by atoms with Crippen molar-refractivity contribution in [3.05, 3.63) is 57.0 Å². The molecule has 26 heavy (non-hydrogen) atoms. The zero-order chi connectivity index (χ0) is 18.7. The Kier molecular flexibility index (Phi) is 5.01. The molecule has 1 aliphatic heterocycles. The average molecular weight is 356 g/mol. The van der Waals surface area contributed by atoms with Gasteiger partial charge in [-0.3, -0.25) is 14.9 Å². The lowest BCUT2D eigenvalue weighted by atomic mass is 10.1. The number of amides is 1. The lowest BCUT2D eigenvalue weighted by molar-refractivity contribution is -0.384. The second kappa shape index (κ2) is 7.38. The van der Waals surface area contributed by atoms with Gasteiger partial charge in [-0.15, -0.1) is 0 Å². The zero-order valence-corrected chi connectivity index (χ0v) is 14.7. The number of nitro benzene ring substituents is 1. The second-order valence-corrected chi connectivity index (χ2v) is 6.23. The van der Waals surface area contributed by atoms with Crippen molar-refractivity contribution >= 4 is 23.5 Å². The van der Waals surface area contributed by atoms with E-state index in [9.17, 15) is 14.9 Å². The van der Waals surface area contributed by atoms with Gasteiger partial charge in [0.15, 0.2) is 0 Å². The number of hydrogen-bond acceptors (Lipinski definition) is 6. The van der Waals surface area contributed by atoms with Gasteiger partial charge in [0.25, 0.3) is 11.6 Å². The summed E-state index contributed by atoms with van der Waals surface area (Å²) in [7, 11) is 0. The minimum atomic E-state index is -0.390. The van der Waals surface area contributed by atoms with E-state index in [4.69, 9.17) is 4.42 Å². The van der Waals surface area contributed by atoms with Crippen molar-refractivity contribution in [2.24, 2.45) is 5.10 Å². The van der Waals surface area contributed by atoms with Gasteiger partial charge in [0.05, 0.1) is 16.7 Å². The monoisotopic (exact) mass is 356 g/mol. The van der Waals surface area contributed by atoms with Crippen molar-refractivity contribution in [2.45, 2.75) is 26.7 Å². The molecule has 1 N–H and O–H groups in total. The predicted molar refractivity (Wildman–Crippen MR) is 97.8 cm³/mol. The van der Waals surface area contributed by atoms with Crippen LogP contribution in [0.3, 0.4) is 0 Å². The SMILES string of the molecule is Cc1cc(C(=O)NN=Cc2ccc(N3CCCC3)c([N+](=O)[O-])c2)c(C)o1. The highest BCUT2D eigenvalue weighted by atomic mass is 16.6. The standard InChI is InChI=1S/C18H20N4O4/c1-12-9-15(13(2)26-12)18(23)20-19-11-14-5-6-16(17(10-14)22(24)25)21-7-3-4-8-21/h5-6,9-11H,3-4,7-8H2,1-2H3,(H,20,23). The summed E-state index contributed by atoms with van der Waals surface area (Å²) in [5.74, 6) is 0.768. The normalized spacial score (nSPS) is 14.2. The van der Waals surface area contributed by atoms with E-state index in [0.717, 1.165) is 25.9 Å². The number of hydrazone groups is 1. The first kappa shape index (κ1) is 17.7. The van der Waals surface area contributed by atoms with Crippen LogP contribution in [-0.2, 0) is 0 Å². The first-order chi connectivity index (χ1) is 12.5. The van der Waals surface area contributed by atoms with Crippen LogP contribution in [0.1, 0.15) is 40.3 Å². The summed E-state index contributed by atoms with van der Waals surface area (Å²) in [5, 5.41) is 15.3. The van der Waals surface area contributed by atoms with Gasteiger partial charge < -0.3 is 9.32 Å². The maximum absolute atomic E-state index is 12.1. The van der Waals surface area contributed by atoms with Crippen molar-refractivity contribution in [1.82, 2.24) is 5.43 Å². The number of nitrogens with zero attached hydrogens (tertiary/aromatic N) is 3. The van der Waals surface area contributed by atoms with Crippen LogP contribution >= 0.6 is 0 Å². The number of benzene rings is 1. The van der Waals surface area contributed by atoms with Gasteiger partial charge in [-0.05, 0) is 38.8 Å². The van der Waals surface area contributed by atoms with Crippen LogP contribution in [0.15, 0.2) is 33.8 Å². The van der Waals surface area contributed by atoms with Gasteiger partial charge in [0, 0.05) is 24.7 Å². The van der Waals surface area contributed by atoms with E-state index in [1.54, 1.807) is 32.0 Å². The van der Waals surface area contributed by atoms with Crippen molar-refractivity contribution in [2.75, 3.05) is 18.0 Å². The molecule has 0 bridgehead atoms. The summed E-state index contributed by atoms with van der Waals surface area (Å²) in [5.41, 5.74) is 4.03. The van der Waals surface area contributed by atoms with Crippen LogP contribution in [0.5, 0.6) is 0 Å². The van der Waals surface area contributed by atoms with Gasteiger partial charge in [-0.1, -0.05) is 6.07 Å². The average Bonchev–Trinajstić information content (AvgIpc) is 3.24. The van der Waals surface area contributed by atoms with E-state index >= 15 is 0 Å². The van der Waals surface area contributed by atoms with E-state index in [1.807, 2.05) is 4.90 Å². The Morgan fingerprint density at radius 3 is 2.65 bits per heavy atom. The fourth-order valence-corrected chi connectivity index (χ4v) is 3.07. The maximum atomic E-state index is 12.1. The Morgan fingerprint density at radius 1 is 1.31 bits per heavy atom. The third-order valence-electron chi connectivity index (χ3n) is 4.31. The summed E-state index contributed by atoms with van der Waals surface area (Å²) in [6, 6.07) is 6.59. The number of carbonyl (C=O) groups excluding carboxylic acids is 1. The highest BCUT2D eigenvalue weighted by molar-refractivity contribution is 5.96. The molecule has 1 aromatic heterocycles. The van der Waals surface area contributed by atoms with E-state index in [1.165, 1.54) is 12.3 Å². The fraction of sp³-hybridized carbons (Fsp3) is 0.333. The predicted octanol–water partition coefficient (Wildman–Crippen LogP) is 3.17. The Bertz CT molecular complexity index is 866. The third-order valence-corrected chi connectivity index (χ3v) is 4.31. The topological polar surface area (TPSA) is 101 Å².